The second kappa shape index (κ2) is 23.0. The zero-order chi connectivity index (χ0) is 21.8. The topological polar surface area (TPSA) is 77.4 Å². The number of aliphatic hydroxyl groups excluding tert-OH is 1. The van der Waals surface area contributed by atoms with Gasteiger partial charge in [-0.15, -0.1) is 0 Å². The fourth-order valence-electron chi connectivity index (χ4n) is 3.85. The molecule has 0 saturated heterocycles. The van der Waals surface area contributed by atoms with E-state index in [9.17, 15) is 18.1 Å². The van der Waals surface area contributed by atoms with Gasteiger partial charge in [-0.2, -0.15) is 0 Å². The van der Waals surface area contributed by atoms with E-state index in [-0.39, 0.29) is 35.7 Å². The van der Waals surface area contributed by atoms with Crippen LogP contribution in [-0.2, 0) is 10.1 Å². The second-order valence-corrected chi connectivity index (χ2v) is 10.8. The van der Waals surface area contributed by atoms with Crippen LogP contribution in [0.2, 0.25) is 0 Å². The summed E-state index contributed by atoms with van der Waals surface area (Å²) in [6.45, 7) is 3.76. The smallest absolute Gasteiger partial charge is 0.748 e. The Kier molecular flexibility index (Phi) is 25.4. The molecule has 0 fully saturated rings. The van der Waals surface area contributed by atoms with Crippen molar-refractivity contribution >= 4 is 10.1 Å². The first-order chi connectivity index (χ1) is 13.9. The summed E-state index contributed by atoms with van der Waals surface area (Å²) in [5.41, 5.74) is 0. The van der Waals surface area contributed by atoms with E-state index in [1.807, 2.05) is 0 Å². The maximum atomic E-state index is 10.8. The first-order valence-electron chi connectivity index (χ1n) is 12.5. The summed E-state index contributed by atoms with van der Waals surface area (Å²) >= 11 is 0. The third-order valence-corrected chi connectivity index (χ3v) is 7.25. The van der Waals surface area contributed by atoms with Gasteiger partial charge in [-0.05, 0) is 26.2 Å². The zero-order valence-corrected chi connectivity index (χ0v) is 23.2. The average Bonchev–Trinajstić information content (AvgIpc) is 2.67. The van der Waals surface area contributed by atoms with Crippen molar-refractivity contribution in [2.45, 2.75) is 154 Å². The Morgan fingerprint density at radius 2 is 0.933 bits per heavy atom. The largest absolute Gasteiger partial charge is 1.00 e. The minimum atomic E-state index is -4.11. The molecule has 30 heavy (non-hydrogen) atoms. The van der Waals surface area contributed by atoms with Crippen molar-refractivity contribution in [3.05, 3.63) is 0 Å². The van der Waals surface area contributed by atoms with Crippen LogP contribution < -0.4 is 29.6 Å². The van der Waals surface area contributed by atoms with E-state index in [1.165, 1.54) is 77.6 Å². The Morgan fingerprint density at radius 1 is 0.633 bits per heavy atom. The first-order valence-corrected chi connectivity index (χ1v) is 14.0. The molecular formula is C24H49NaO4S. The van der Waals surface area contributed by atoms with E-state index in [0.717, 1.165) is 51.4 Å². The zero-order valence-electron chi connectivity index (χ0n) is 20.4. The van der Waals surface area contributed by atoms with Crippen molar-refractivity contribution < 1.29 is 47.6 Å². The number of rotatable bonds is 22. The molecule has 6 heteroatoms. The molecule has 0 aliphatic heterocycles. The van der Waals surface area contributed by atoms with Crippen molar-refractivity contribution in [1.29, 1.82) is 0 Å². The van der Waals surface area contributed by atoms with Crippen LogP contribution in [0.3, 0.4) is 0 Å². The quantitative estimate of drug-likeness (QED) is 0.151. The normalized spacial score (nSPS) is 13.7. The Labute approximate surface area is 210 Å². The summed E-state index contributed by atoms with van der Waals surface area (Å²) in [6.07, 6.45) is 23.1. The minimum absolute atomic E-state index is 0. The SMILES string of the molecule is CCCCCCCCCCCCC(O)CCCCCCCCCC(C)S(=O)(=O)[O-].[Na+]. The van der Waals surface area contributed by atoms with Gasteiger partial charge in [0.25, 0.3) is 0 Å². The van der Waals surface area contributed by atoms with Crippen LogP contribution in [-0.4, -0.2) is 29.4 Å². The van der Waals surface area contributed by atoms with Gasteiger partial charge in [0.15, 0.2) is 0 Å². The molecule has 0 rings (SSSR count). The second-order valence-electron chi connectivity index (χ2n) is 8.98. The predicted octanol–water partition coefficient (Wildman–Crippen LogP) is 4.11. The number of aliphatic hydroxyl groups is 1. The van der Waals surface area contributed by atoms with Crippen LogP contribution in [0.15, 0.2) is 0 Å². The van der Waals surface area contributed by atoms with E-state index in [4.69, 9.17) is 0 Å². The molecule has 4 nitrogen and oxygen atoms in total. The maximum absolute atomic E-state index is 10.8. The van der Waals surface area contributed by atoms with Gasteiger partial charge in [0.2, 0.25) is 0 Å². The summed E-state index contributed by atoms with van der Waals surface area (Å²) < 4.78 is 32.4. The summed E-state index contributed by atoms with van der Waals surface area (Å²) in [7, 11) is -4.11. The molecule has 2 atom stereocenters. The van der Waals surface area contributed by atoms with Gasteiger partial charge >= 0.3 is 29.6 Å². The molecule has 2 unspecified atom stereocenters. The predicted molar refractivity (Wildman–Crippen MR) is 123 cm³/mol. The van der Waals surface area contributed by atoms with Gasteiger partial charge in [0.1, 0.15) is 0 Å². The van der Waals surface area contributed by atoms with Crippen LogP contribution in [0.1, 0.15) is 142 Å². The van der Waals surface area contributed by atoms with Crippen LogP contribution in [0.25, 0.3) is 0 Å². The molecule has 0 radical (unpaired) electrons. The molecule has 0 bridgehead atoms. The van der Waals surface area contributed by atoms with Gasteiger partial charge in [0.05, 0.1) is 16.2 Å². The summed E-state index contributed by atoms with van der Waals surface area (Å²) in [5.74, 6) is 0. The molecule has 0 spiro atoms. The van der Waals surface area contributed by atoms with Crippen molar-refractivity contribution in [1.82, 2.24) is 0 Å². The Balaban J connectivity index is 0. The van der Waals surface area contributed by atoms with E-state index in [1.54, 1.807) is 0 Å². The van der Waals surface area contributed by atoms with E-state index >= 15 is 0 Å². The molecule has 0 heterocycles. The van der Waals surface area contributed by atoms with E-state index in [2.05, 4.69) is 6.92 Å². The minimum Gasteiger partial charge on any atom is -0.748 e. The molecule has 0 amide bonds. The molecule has 0 aliphatic rings. The van der Waals surface area contributed by atoms with Crippen LogP contribution >= 0.6 is 0 Å². The van der Waals surface area contributed by atoms with Gasteiger partial charge in [-0.25, -0.2) is 8.42 Å². The van der Waals surface area contributed by atoms with E-state index in [0.29, 0.717) is 6.42 Å². The average molecular weight is 457 g/mol. The Bertz CT molecular complexity index is 442. The molecule has 1 N–H and O–H groups in total. The molecule has 0 aliphatic carbocycles. The third kappa shape index (κ3) is 23.5. The maximum Gasteiger partial charge on any atom is 1.00 e. The first kappa shape index (κ1) is 33.0. The van der Waals surface area contributed by atoms with Crippen molar-refractivity contribution in [3.8, 4) is 0 Å². The summed E-state index contributed by atoms with van der Waals surface area (Å²) in [6, 6.07) is 0. The summed E-state index contributed by atoms with van der Waals surface area (Å²) in [5, 5.41) is 9.34. The number of unbranched alkanes of at least 4 members (excludes halogenated alkanes) is 15. The van der Waals surface area contributed by atoms with Crippen molar-refractivity contribution in [2.75, 3.05) is 0 Å². The molecule has 0 aromatic heterocycles. The molecule has 0 aromatic rings. The van der Waals surface area contributed by atoms with E-state index < -0.39 is 15.4 Å². The van der Waals surface area contributed by atoms with Crippen LogP contribution in [0, 0.1) is 0 Å². The van der Waals surface area contributed by atoms with Gasteiger partial charge < -0.3 is 9.66 Å². The van der Waals surface area contributed by atoms with Crippen molar-refractivity contribution in [2.24, 2.45) is 0 Å². The number of hydrogen-bond acceptors (Lipinski definition) is 4. The molecular weight excluding hydrogens is 407 g/mol. The molecule has 0 aromatic carbocycles. The molecule has 176 valence electrons. The fraction of sp³-hybridized carbons (Fsp3) is 1.00. The molecule has 0 saturated carbocycles. The van der Waals surface area contributed by atoms with Crippen LogP contribution in [0.5, 0.6) is 0 Å². The Hall–Kier alpha value is 0.870. The Morgan fingerprint density at radius 3 is 1.27 bits per heavy atom. The third-order valence-electron chi connectivity index (χ3n) is 6.03. The number of hydrogen-bond donors (Lipinski definition) is 1. The fourth-order valence-corrected chi connectivity index (χ4v) is 4.31. The van der Waals surface area contributed by atoms with Gasteiger partial charge in [-0.3, -0.25) is 0 Å². The van der Waals surface area contributed by atoms with Gasteiger partial charge in [0, 0.05) is 5.25 Å². The van der Waals surface area contributed by atoms with Crippen LogP contribution in [0.4, 0.5) is 0 Å². The monoisotopic (exact) mass is 456 g/mol. The summed E-state index contributed by atoms with van der Waals surface area (Å²) in [4.78, 5) is 0. The van der Waals surface area contributed by atoms with Crippen molar-refractivity contribution in [3.63, 3.8) is 0 Å². The van der Waals surface area contributed by atoms with Gasteiger partial charge in [-0.1, -0.05) is 116 Å². The standard InChI is InChI=1S/C24H50O4S.Na/c1-3-4-5-6-7-8-9-12-15-18-21-24(25)22-19-16-13-10-11-14-17-20-23(2)29(26,27)28;/h23-25H,3-22H2,1-2H3,(H,26,27,28);/q;+1/p-1.